The highest BCUT2D eigenvalue weighted by molar-refractivity contribution is 7.93. The molecule has 4 fully saturated rings. The summed E-state index contributed by atoms with van der Waals surface area (Å²) in [5, 5.41) is 8.97. The molecule has 3 aromatic heterocycles. The molecule has 25 heteroatoms. The van der Waals surface area contributed by atoms with E-state index in [0.717, 1.165) is 86.9 Å². The van der Waals surface area contributed by atoms with Crippen LogP contribution in [0.4, 0.5) is 31.0 Å². The van der Waals surface area contributed by atoms with Gasteiger partial charge in [0.05, 0.1) is 59.1 Å². The number of hydrogen-bond acceptors (Lipinski definition) is 16. The van der Waals surface area contributed by atoms with Crippen molar-refractivity contribution in [2.75, 3.05) is 88.1 Å². The van der Waals surface area contributed by atoms with Crippen molar-refractivity contribution in [1.82, 2.24) is 44.7 Å². The summed E-state index contributed by atoms with van der Waals surface area (Å²) in [6, 6.07) is 6.55. The lowest BCUT2D eigenvalue weighted by Crippen LogP contribution is -2.52. The van der Waals surface area contributed by atoms with Crippen LogP contribution >= 0.6 is 23.1 Å². The molecule has 0 unspecified atom stereocenters. The molecule has 0 bridgehead atoms. The average molecular weight is 1100 g/mol. The van der Waals surface area contributed by atoms with E-state index >= 15 is 4.39 Å². The summed E-state index contributed by atoms with van der Waals surface area (Å²) in [7, 11) is -0.855. The number of likely N-dealkylation sites (N-methyl/N-ethyl adjacent to an activating group) is 1. The Morgan fingerprint density at radius 2 is 1.67 bits per heavy atom. The Bertz CT molecular complexity index is 2700. The molecular weight excluding hydrogens is 1030 g/mol. The maximum Gasteiger partial charge on any atom is 0.266 e. The number of hydrogen-bond donors (Lipinski definition) is 4. The van der Waals surface area contributed by atoms with E-state index in [9.17, 15) is 32.0 Å². The van der Waals surface area contributed by atoms with Crippen molar-refractivity contribution in [1.29, 1.82) is 0 Å². The van der Waals surface area contributed by atoms with E-state index in [1.54, 1.807) is 37.5 Å². The van der Waals surface area contributed by atoms with Crippen molar-refractivity contribution in [3.05, 3.63) is 77.6 Å². The molecule has 20 nitrogen and oxygen atoms in total. The van der Waals surface area contributed by atoms with Crippen LogP contribution in [0, 0.1) is 23.6 Å². The summed E-state index contributed by atoms with van der Waals surface area (Å²) >= 11 is 7.22. The number of piperazine rings is 1. The monoisotopic (exact) mass is 1100 g/mol. The minimum Gasteiger partial charge on any atom is -0.378 e. The molecular formula is C50H65ClF2N12O8S2. The number of nitrogens with one attached hydrogen (secondary N) is 4. The molecule has 1 aromatic carbocycles. The van der Waals surface area contributed by atoms with E-state index in [2.05, 4.69) is 44.9 Å². The normalized spacial score (nSPS) is 22.4. The first kappa shape index (κ1) is 55.6. The Kier molecular flexibility index (Phi) is 19.2. The molecule has 8 rings (SSSR count). The number of rotatable bonds is 22. The Hall–Kier alpha value is -5.66. The zero-order valence-corrected chi connectivity index (χ0v) is 44.5. The van der Waals surface area contributed by atoms with Gasteiger partial charge in [0, 0.05) is 127 Å². The molecule has 4 aromatic rings. The zero-order valence-electron chi connectivity index (χ0n) is 42.1. The van der Waals surface area contributed by atoms with Gasteiger partial charge in [0.2, 0.25) is 34.7 Å². The third-order valence-electron chi connectivity index (χ3n) is 14.5. The summed E-state index contributed by atoms with van der Waals surface area (Å²) < 4.78 is 73.5. The first-order valence-electron chi connectivity index (χ1n) is 25.5. The summed E-state index contributed by atoms with van der Waals surface area (Å²) in [6.07, 6.45) is 13.5. The molecule has 2 atom stereocenters. The van der Waals surface area contributed by atoms with Gasteiger partial charge in [-0.05, 0) is 75.5 Å². The van der Waals surface area contributed by atoms with Crippen LogP contribution in [-0.4, -0.2) is 157 Å². The van der Waals surface area contributed by atoms with E-state index < -0.39 is 32.6 Å². The smallest absolute Gasteiger partial charge is 0.266 e. The van der Waals surface area contributed by atoms with Crippen LogP contribution in [-0.2, 0) is 38.7 Å². The molecule has 2 aliphatic carbocycles. The van der Waals surface area contributed by atoms with Crippen molar-refractivity contribution in [2.24, 2.45) is 11.8 Å². The number of sulfonamides is 1. The fourth-order valence-electron chi connectivity index (χ4n) is 10.3. The van der Waals surface area contributed by atoms with Gasteiger partial charge in [-0.1, -0.05) is 17.7 Å². The van der Waals surface area contributed by atoms with E-state index in [0.29, 0.717) is 83.2 Å². The lowest BCUT2D eigenvalue weighted by molar-refractivity contribution is -0.138. The molecule has 4 N–H and O–H groups in total. The molecule has 0 spiro atoms. The van der Waals surface area contributed by atoms with Gasteiger partial charge in [0.15, 0.2) is 0 Å². The topological polar surface area (TPSA) is 234 Å². The number of ether oxygens (including phenoxy) is 2. The SMILES string of the molecule is CN(CCN1CCN(C(=O)C2CCC(NC(=O)CCCOC3CCC(OCCNC(=O)[C@H]4CC(=O)N(C)[C@@H]4c4cccnc4)CC3)CC2)CC1)c1cc(F)ncc1Nc1cc(F)c(S(=O)(=O)Nc2ncns2)cc1Cl. The maximum atomic E-state index is 15.2. The van der Waals surface area contributed by atoms with Crippen LogP contribution in [0.3, 0.4) is 0 Å². The van der Waals surface area contributed by atoms with E-state index in [1.807, 2.05) is 15.9 Å². The number of benzene rings is 1. The van der Waals surface area contributed by atoms with Gasteiger partial charge in [0.25, 0.3) is 10.0 Å². The van der Waals surface area contributed by atoms with Crippen molar-refractivity contribution in [2.45, 2.75) is 99.8 Å². The van der Waals surface area contributed by atoms with Gasteiger partial charge in [-0.3, -0.25) is 33.8 Å². The van der Waals surface area contributed by atoms with Crippen LogP contribution in [0.1, 0.15) is 82.2 Å². The summed E-state index contributed by atoms with van der Waals surface area (Å²) in [4.78, 5) is 70.6. The number of nitrogens with zero attached hydrogens (tertiary/aromatic N) is 8. The first-order valence-corrected chi connectivity index (χ1v) is 28.1. The highest BCUT2D eigenvalue weighted by Gasteiger charge is 2.43. The number of anilines is 4. The molecule has 406 valence electrons. The van der Waals surface area contributed by atoms with Crippen molar-refractivity contribution in [3.63, 3.8) is 0 Å². The van der Waals surface area contributed by atoms with E-state index in [-0.39, 0.29) is 76.1 Å². The fourth-order valence-corrected chi connectivity index (χ4v) is 12.4. The third-order valence-corrected chi connectivity index (χ3v) is 16.9. The van der Waals surface area contributed by atoms with Crippen LogP contribution in [0.5, 0.6) is 0 Å². The minimum atomic E-state index is -4.36. The Balaban J connectivity index is 0.668. The number of likely N-dealkylation sites (tertiary alicyclic amines) is 1. The van der Waals surface area contributed by atoms with Gasteiger partial charge in [0.1, 0.15) is 17.0 Å². The predicted octanol–water partition coefficient (Wildman–Crippen LogP) is 5.52. The highest BCUT2D eigenvalue weighted by Crippen LogP contribution is 2.38. The van der Waals surface area contributed by atoms with Gasteiger partial charge in [-0.15, -0.1) is 0 Å². The number of carbonyl (C=O) groups excluding carboxylic acids is 4. The van der Waals surface area contributed by atoms with Crippen molar-refractivity contribution < 1.29 is 45.9 Å². The van der Waals surface area contributed by atoms with Crippen molar-refractivity contribution in [3.8, 4) is 0 Å². The molecule has 2 aliphatic heterocycles. The quantitative estimate of drug-likeness (QED) is 0.0561. The number of aromatic nitrogens is 4. The van der Waals surface area contributed by atoms with E-state index in [1.165, 1.54) is 12.3 Å². The Morgan fingerprint density at radius 1 is 0.933 bits per heavy atom. The van der Waals surface area contributed by atoms with Gasteiger partial charge < -0.3 is 40.1 Å². The van der Waals surface area contributed by atoms with Gasteiger partial charge in [-0.25, -0.2) is 22.8 Å². The molecule has 4 aliphatic rings. The standard InChI is InChI=1S/C50H65ClF2N12O8S2/c1-62(42-28-44(53)56-30-41(42)60-40-27-39(52)43(26-38(40)51)75(70,71)61-50-57-31-58-74-50)17-18-64-19-21-65(22-20-64)49(69)32-7-9-34(10-8-32)59-45(66)6-4-23-72-35-11-13-36(14-12-35)73-24-16-55-48(68)37-25-46(67)63(2)47(37)33-5-3-15-54-29-33/h3,5,15,26-32,34-37,47,60H,4,6-14,16-25H2,1-2H3,(H,55,68)(H,59,66)(H,57,58,61)/t32?,34?,35?,36?,37-,47+/m0/s1. The molecule has 2 saturated carbocycles. The third kappa shape index (κ3) is 14.8. The lowest BCUT2D eigenvalue weighted by Gasteiger charge is -2.38. The van der Waals surface area contributed by atoms with Gasteiger partial charge in [-0.2, -0.15) is 8.76 Å². The Labute approximate surface area is 444 Å². The second-order valence-corrected chi connectivity index (χ2v) is 22.4. The molecule has 0 radical (unpaired) electrons. The van der Waals surface area contributed by atoms with E-state index in [4.69, 9.17) is 21.1 Å². The average Bonchev–Trinajstić information content (AvgIpc) is 4.03. The molecule has 4 amide bonds. The van der Waals surface area contributed by atoms with Crippen LogP contribution in [0.25, 0.3) is 0 Å². The Morgan fingerprint density at radius 3 is 2.36 bits per heavy atom. The number of carbonyl (C=O) groups is 4. The molecule has 75 heavy (non-hydrogen) atoms. The number of amides is 4. The molecule has 5 heterocycles. The van der Waals surface area contributed by atoms with Crippen LogP contribution in [0.15, 0.2) is 60.1 Å². The number of halogens is 3. The number of pyridine rings is 2. The van der Waals surface area contributed by atoms with Crippen LogP contribution < -0.4 is 25.6 Å². The second-order valence-electron chi connectivity index (χ2n) is 19.5. The highest BCUT2D eigenvalue weighted by atomic mass is 35.5. The second kappa shape index (κ2) is 25.9. The van der Waals surface area contributed by atoms with Crippen molar-refractivity contribution >= 4 is 79.0 Å². The minimum absolute atomic E-state index is 0.000205. The zero-order chi connectivity index (χ0) is 53.1. The summed E-state index contributed by atoms with van der Waals surface area (Å²) in [6.45, 7) is 4.86. The first-order chi connectivity index (χ1) is 36.1. The maximum absolute atomic E-state index is 15.2. The van der Waals surface area contributed by atoms with Gasteiger partial charge >= 0.3 is 0 Å². The predicted molar refractivity (Wildman–Crippen MR) is 278 cm³/mol. The summed E-state index contributed by atoms with van der Waals surface area (Å²) in [5.41, 5.74) is 1.63. The largest absolute Gasteiger partial charge is 0.378 e. The fraction of sp³-hybridized carbons (Fsp3) is 0.560. The lowest BCUT2D eigenvalue weighted by atomic mass is 9.85. The molecule has 2 saturated heterocycles. The summed E-state index contributed by atoms with van der Waals surface area (Å²) in [5.74, 6) is -2.43. The van der Waals surface area contributed by atoms with Crippen LogP contribution in [0.2, 0.25) is 5.02 Å².